The number of anilines is 1. The zero-order chi connectivity index (χ0) is 8.39. The molecule has 2 rings (SSSR count). The van der Waals surface area contributed by atoms with Crippen molar-refractivity contribution in [1.82, 2.24) is 4.98 Å². The monoisotopic (exact) mass is 184 g/mol. The summed E-state index contributed by atoms with van der Waals surface area (Å²) in [5, 5.41) is 6.66. The standard InChI is InChI=1S/C9H14N2S.H2/c1-7-6-12-9(10-7)11-8-4-2-3-5-8;/h6,8H,2-5H2,1H3,(H,10,11);1H. The second-order valence-corrected chi connectivity index (χ2v) is 4.28. The quantitative estimate of drug-likeness (QED) is 0.764. The molecule has 0 spiro atoms. The fourth-order valence-corrected chi connectivity index (χ4v) is 2.43. The molecule has 1 aliphatic carbocycles. The van der Waals surface area contributed by atoms with E-state index in [1.807, 2.05) is 6.92 Å². The topological polar surface area (TPSA) is 24.9 Å². The van der Waals surface area contributed by atoms with Crippen molar-refractivity contribution in [3.63, 3.8) is 0 Å². The molecule has 3 heteroatoms. The van der Waals surface area contributed by atoms with E-state index in [-0.39, 0.29) is 1.43 Å². The van der Waals surface area contributed by atoms with Crippen molar-refractivity contribution in [2.75, 3.05) is 5.32 Å². The number of hydrogen-bond acceptors (Lipinski definition) is 3. The molecule has 0 bridgehead atoms. The summed E-state index contributed by atoms with van der Waals surface area (Å²) in [7, 11) is 0. The van der Waals surface area contributed by atoms with Gasteiger partial charge in [0.05, 0.1) is 5.69 Å². The molecule has 12 heavy (non-hydrogen) atoms. The second-order valence-electron chi connectivity index (χ2n) is 3.42. The third kappa shape index (κ3) is 1.78. The fourth-order valence-electron chi connectivity index (χ4n) is 1.67. The van der Waals surface area contributed by atoms with E-state index in [0.29, 0.717) is 6.04 Å². The predicted molar refractivity (Wildman–Crippen MR) is 54.8 cm³/mol. The van der Waals surface area contributed by atoms with Crippen molar-refractivity contribution < 1.29 is 1.43 Å². The molecule has 1 heterocycles. The fraction of sp³-hybridized carbons (Fsp3) is 0.667. The number of thiazole rings is 1. The van der Waals surface area contributed by atoms with Crippen LogP contribution in [0.3, 0.4) is 0 Å². The van der Waals surface area contributed by atoms with Crippen LogP contribution in [0.25, 0.3) is 0 Å². The van der Waals surface area contributed by atoms with Crippen LogP contribution in [0.15, 0.2) is 5.38 Å². The minimum Gasteiger partial charge on any atom is -0.359 e. The van der Waals surface area contributed by atoms with Gasteiger partial charge < -0.3 is 5.32 Å². The Labute approximate surface area is 78.5 Å². The summed E-state index contributed by atoms with van der Waals surface area (Å²) in [6.07, 6.45) is 5.39. The minimum absolute atomic E-state index is 0. The maximum atomic E-state index is 4.38. The third-order valence-corrected chi connectivity index (χ3v) is 3.19. The molecule has 0 unspecified atom stereocenters. The average molecular weight is 184 g/mol. The SMILES string of the molecule is Cc1csc(NC2CCCC2)n1.[HH]. The summed E-state index contributed by atoms with van der Waals surface area (Å²) >= 11 is 1.71. The normalized spacial score (nSPS) is 18.4. The summed E-state index contributed by atoms with van der Waals surface area (Å²) in [5.74, 6) is 0. The molecule has 0 saturated heterocycles. The lowest BCUT2D eigenvalue weighted by Gasteiger charge is -2.09. The Morgan fingerprint density at radius 1 is 1.58 bits per heavy atom. The van der Waals surface area contributed by atoms with Gasteiger partial charge in [-0.2, -0.15) is 0 Å². The van der Waals surface area contributed by atoms with Crippen molar-refractivity contribution in [2.45, 2.75) is 38.6 Å². The van der Waals surface area contributed by atoms with Gasteiger partial charge in [0.1, 0.15) is 0 Å². The molecule has 1 aromatic rings. The van der Waals surface area contributed by atoms with E-state index in [1.54, 1.807) is 11.3 Å². The molecule has 0 aliphatic heterocycles. The molecular formula is C9H16N2S. The van der Waals surface area contributed by atoms with Crippen molar-refractivity contribution in [3.05, 3.63) is 11.1 Å². The lowest BCUT2D eigenvalue weighted by molar-refractivity contribution is 0.754. The number of hydrogen-bond donors (Lipinski definition) is 1. The maximum Gasteiger partial charge on any atom is 0.183 e. The zero-order valence-corrected chi connectivity index (χ0v) is 8.16. The third-order valence-electron chi connectivity index (χ3n) is 2.30. The average Bonchev–Trinajstić information content (AvgIpc) is 2.63. The van der Waals surface area contributed by atoms with Crippen molar-refractivity contribution in [2.24, 2.45) is 0 Å². The van der Waals surface area contributed by atoms with Gasteiger partial charge in [-0.1, -0.05) is 12.8 Å². The summed E-state index contributed by atoms with van der Waals surface area (Å²) in [5.41, 5.74) is 1.13. The van der Waals surface area contributed by atoms with Crippen LogP contribution < -0.4 is 5.32 Å². The van der Waals surface area contributed by atoms with Crippen LogP contribution in [0.1, 0.15) is 32.8 Å². The predicted octanol–water partition coefficient (Wildman–Crippen LogP) is 3.05. The van der Waals surface area contributed by atoms with E-state index in [0.717, 1.165) is 10.8 Å². The first kappa shape index (κ1) is 8.05. The van der Waals surface area contributed by atoms with Crippen LogP contribution in [-0.4, -0.2) is 11.0 Å². The first-order valence-electron chi connectivity index (χ1n) is 4.53. The van der Waals surface area contributed by atoms with Crippen LogP contribution in [0.4, 0.5) is 5.13 Å². The first-order chi connectivity index (χ1) is 5.84. The summed E-state index contributed by atoms with van der Waals surface area (Å²) in [4.78, 5) is 4.38. The molecule has 68 valence electrons. The minimum atomic E-state index is 0. The van der Waals surface area contributed by atoms with Gasteiger partial charge in [0.2, 0.25) is 0 Å². The van der Waals surface area contributed by atoms with E-state index in [4.69, 9.17) is 0 Å². The largest absolute Gasteiger partial charge is 0.359 e. The smallest absolute Gasteiger partial charge is 0.183 e. The van der Waals surface area contributed by atoms with Gasteiger partial charge in [0.15, 0.2) is 5.13 Å². The van der Waals surface area contributed by atoms with Crippen molar-refractivity contribution in [1.29, 1.82) is 0 Å². The highest BCUT2D eigenvalue weighted by molar-refractivity contribution is 7.13. The van der Waals surface area contributed by atoms with Gasteiger partial charge in [-0.25, -0.2) is 4.98 Å². The van der Waals surface area contributed by atoms with Crippen LogP contribution in [0, 0.1) is 6.92 Å². The Balaban J connectivity index is 0.000000845. The van der Waals surface area contributed by atoms with E-state index >= 15 is 0 Å². The highest BCUT2D eigenvalue weighted by Gasteiger charge is 2.15. The number of rotatable bonds is 2. The molecule has 1 N–H and O–H groups in total. The summed E-state index contributed by atoms with van der Waals surface area (Å²) < 4.78 is 0. The lowest BCUT2D eigenvalue weighted by atomic mass is 10.3. The molecule has 0 amide bonds. The number of nitrogens with zero attached hydrogens (tertiary/aromatic N) is 1. The highest BCUT2D eigenvalue weighted by atomic mass is 32.1. The van der Waals surface area contributed by atoms with Crippen LogP contribution in [0.5, 0.6) is 0 Å². The highest BCUT2D eigenvalue weighted by Crippen LogP contribution is 2.23. The first-order valence-corrected chi connectivity index (χ1v) is 5.41. The van der Waals surface area contributed by atoms with E-state index in [1.165, 1.54) is 25.7 Å². The Morgan fingerprint density at radius 3 is 2.92 bits per heavy atom. The summed E-state index contributed by atoms with van der Waals surface area (Å²) in [6.45, 7) is 2.04. The van der Waals surface area contributed by atoms with E-state index in [9.17, 15) is 0 Å². The van der Waals surface area contributed by atoms with Gasteiger partial charge in [-0.3, -0.25) is 0 Å². The van der Waals surface area contributed by atoms with Crippen LogP contribution in [0.2, 0.25) is 0 Å². The van der Waals surface area contributed by atoms with Crippen LogP contribution in [-0.2, 0) is 0 Å². The Bertz CT molecular complexity index is 256. The van der Waals surface area contributed by atoms with Gasteiger partial charge in [-0.05, 0) is 19.8 Å². The molecular weight excluding hydrogens is 168 g/mol. The second kappa shape index (κ2) is 3.44. The zero-order valence-electron chi connectivity index (χ0n) is 7.34. The van der Waals surface area contributed by atoms with Gasteiger partial charge in [0, 0.05) is 12.8 Å². The molecule has 0 aromatic carbocycles. The number of aryl methyl sites for hydroxylation is 1. The molecule has 1 aliphatic rings. The number of aromatic nitrogens is 1. The molecule has 1 saturated carbocycles. The van der Waals surface area contributed by atoms with Crippen molar-refractivity contribution >= 4 is 16.5 Å². The summed E-state index contributed by atoms with van der Waals surface area (Å²) in [6, 6.07) is 0.690. The molecule has 2 nitrogen and oxygen atoms in total. The molecule has 1 aromatic heterocycles. The van der Waals surface area contributed by atoms with Gasteiger partial charge in [-0.15, -0.1) is 11.3 Å². The Morgan fingerprint density at radius 2 is 2.33 bits per heavy atom. The van der Waals surface area contributed by atoms with Gasteiger partial charge in [0.25, 0.3) is 0 Å². The van der Waals surface area contributed by atoms with E-state index < -0.39 is 0 Å². The molecule has 0 radical (unpaired) electrons. The van der Waals surface area contributed by atoms with Gasteiger partial charge >= 0.3 is 0 Å². The lowest BCUT2D eigenvalue weighted by Crippen LogP contribution is -2.13. The number of nitrogens with one attached hydrogen (secondary N) is 1. The molecule has 0 atom stereocenters. The Hall–Kier alpha value is -0.570. The molecule has 1 fully saturated rings. The Kier molecular flexibility index (Phi) is 2.30. The van der Waals surface area contributed by atoms with Crippen molar-refractivity contribution in [3.8, 4) is 0 Å². The maximum absolute atomic E-state index is 4.38. The van der Waals surface area contributed by atoms with E-state index in [2.05, 4.69) is 15.7 Å². The van der Waals surface area contributed by atoms with Crippen LogP contribution >= 0.6 is 11.3 Å².